The van der Waals surface area contributed by atoms with Gasteiger partial charge >= 0.3 is 0 Å². The van der Waals surface area contributed by atoms with Gasteiger partial charge in [-0.3, -0.25) is 4.90 Å². The Balaban J connectivity index is 1.99. The molecular formula is C12H25N3O4S. The molecule has 2 heterocycles. The van der Waals surface area contributed by atoms with E-state index in [0.29, 0.717) is 13.1 Å². The fourth-order valence-corrected chi connectivity index (χ4v) is 4.07. The molecule has 0 aromatic heterocycles. The highest BCUT2D eigenvalue weighted by Gasteiger charge is 2.39. The lowest BCUT2D eigenvalue weighted by Crippen LogP contribution is -2.42. The monoisotopic (exact) mass is 307 g/mol. The molecule has 2 aliphatic rings. The van der Waals surface area contributed by atoms with E-state index in [4.69, 9.17) is 4.74 Å². The average molecular weight is 307 g/mol. The highest BCUT2D eigenvalue weighted by atomic mass is 32.2. The predicted molar refractivity (Wildman–Crippen MR) is 75.5 cm³/mol. The van der Waals surface area contributed by atoms with Crippen LogP contribution in [-0.2, 0) is 14.9 Å². The molecule has 0 aliphatic carbocycles. The number of ether oxygens (including phenoxy) is 1. The summed E-state index contributed by atoms with van der Waals surface area (Å²) in [6.07, 6.45) is 0. The zero-order chi connectivity index (χ0) is 14.8. The van der Waals surface area contributed by atoms with Crippen LogP contribution in [0.4, 0.5) is 0 Å². The topological polar surface area (TPSA) is 73.3 Å². The van der Waals surface area contributed by atoms with E-state index in [-0.39, 0.29) is 18.4 Å². The minimum atomic E-state index is -3.38. The van der Waals surface area contributed by atoms with E-state index in [1.165, 1.54) is 8.61 Å². The van der Waals surface area contributed by atoms with Crippen LogP contribution in [-0.4, -0.2) is 93.7 Å². The molecule has 0 aromatic carbocycles. The lowest BCUT2D eigenvalue weighted by atomic mass is 9.96. The highest BCUT2D eigenvalue weighted by molar-refractivity contribution is 7.86. The van der Waals surface area contributed by atoms with E-state index < -0.39 is 10.2 Å². The Morgan fingerprint density at radius 2 is 1.80 bits per heavy atom. The van der Waals surface area contributed by atoms with Crippen molar-refractivity contribution >= 4 is 10.2 Å². The summed E-state index contributed by atoms with van der Waals surface area (Å²) in [6.45, 7) is 4.99. The highest BCUT2D eigenvalue weighted by Crippen LogP contribution is 2.27. The van der Waals surface area contributed by atoms with Gasteiger partial charge in [0.25, 0.3) is 10.2 Å². The van der Waals surface area contributed by atoms with Crippen LogP contribution in [0.1, 0.15) is 0 Å². The van der Waals surface area contributed by atoms with E-state index in [1.54, 1.807) is 14.1 Å². The molecule has 2 saturated heterocycles. The summed E-state index contributed by atoms with van der Waals surface area (Å²) in [5, 5.41) is 9.51. The number of rotatable bonds is 5. The Bertz CT molecular complexity index is 409. The molecule has 0 amide bonds. The van der Waals surface area contributed by atoms with E-state index in [2.05, 4.69) is 4.90 Å². The van der Waals surface area contributed by atoms with Crippen molar-refractivity contribution < 1.29 is 18.3 Å². The van der Waals surface area contributed by atoms with Crippen molar-refractivity contribution in [3.05, 3.63) is 0 Å². The van der Waals surface area contributed by atoms with Crippen LogP contribution in [0.25, 0.3) is 0 Å². The van der Waals surface area contributed by atoms with Crippen molar-refractivity contribution in [2.45, 2.75) is 0 Å². The summed E-state index contributed by atoms with van der Waals surface area (Å²) < 4.78 is 32.4. The van der Waals surface area contributed by atoms with Gasteiger partial charge < -0.3 is 9.84 Å². The van der Waals surface area contributed by atoms with Gasteiger partial charge in [-0.25, -0.2) is 0 Å². The molecule has 2 rings (SSSR count). The van der Waals surface area contributed by atoms with Crippen molar-refractivity contribution in [2.24, 2.45) is 11.8 Å². The molecule has 2 atom stereocenters. The minimum absolute atomic E-state index is 0.0209. The van der Waals surface area contributed by atoms with E-state index in [1.807, 2.05) is 0 Å². The molecule has 1 N–H and O–H groups in total. The zero-order valence-corrected chi connectivity index (χ0v) is 13.0. The number of hydrogen-bond acceptors (Lipinski definition) is 5. The quantitative estimate of drug-likeness (QED) is 0.681. The molecular weight excluding hydrogens is 282 g/mol. The van der Waals surface area contributed by atoms with Gasteiger partial charge in [0.15, 0.2) is 0 Å². The standard InChI is InChI=1S/C12H25N3O4S/c1-13(2)20(17,18)15-8-11(12(9-15)10-16)7-14-3-5-19-6-4-14/h11-12,16H,3-10H2,1-2H3/t11-,12-/m1/s1. The fourth-order valence-electron chi connectivity index (χ4n) is 2.84. The van der Waals surface area contributed by atoms with Gasteiger partial charge in [0.2, 0.25) is 0 Å². The third-order valence-electron chi connectivity index (χ3n) is 4.16. The van der Waals surface area contributed by atoms with E-state index >= 15 is 0 Å². The van der Waals surface area contributed by atoms with Crippen LogP contribution in [0.2, 0.25) is 0 Å². The molecule has 0 bridgehead atoms. The molecule has 118 valence electrons. The minimum Gasteiger partial charge on any atom is -0.396 e. The smallest absolute Gasteiger partial charge is 0.281 e. The summed E-state index contributed by atoms with van der Waals surface area (Å²) >= 11 is 0. The third kappa shape index (κ3) is 3.49. The second kappa shape index (κ2) is 6.67. The lowest BCUT2D eigenvalue weighted by Gasteiger charge is -2.30. The van der Waals surface area contributed by atoms with Gasteiger partial charge in [0.05, 0.1) is 13.2 Å². The molecule has 2 aliphatic heterocycles. The summed E-state index contributed by atoms with van der Waals surface area (Å²) in [7, 11) is -0.300. The summed E-state index contributed by atoms with van der Waals surface area (Å²) in [4.78, 5) is 2.29. The summed E-state index contributed by atoms with van der Waals surface area (Å²) in [5.41, 5.74) is 0. The van der Waals surface area contributed by atoms with Crippen molar-refractivity contribution in [3.8, 4) is 0 Å². The summed E-state index contributed by atoms with van der Waals surface area (Å²) in [5.74, 6) is 0.209. The van der Waals surface area contributed by atoms with Crippen LogP contribution >= 0.6 is 0 Å². The summed E-state index contributed by atoms with van der Waals surface area (Å²) in [6, 6.07) is 0. The number of aliphatic hydroxyl groups is 1. The maximum Gasteiger partial charge on any atom is 0.281 e. The second-order valence-corrected chi connectivity index (χ2v) is 7.87. The maximum atomic E-state index is 12.2. The molecule has 0 saturated carbocycles. The average Bonchev–Trinajstić information content (AvgIpc) is 2.83. The first-order chi connectivity index (χ1) is 9.45. The lowest BCUT2D eigenvalue weighted by molar-refractivity contribution is 0.0266. The molecule has 20 heavy (non-hydrogen) atoms. The Labute approximate surface area is 121 Å². The number of hydrogen-bond donors (Lipinski definition) is 1. The van der Waals surface area contributed by atoms with E-state index in [9.17, 15) is 13.5 Å². The van der Waals surface area contributed by atoms with Crippen molar-refractivity contribution in [2.75, 3.05) is 66.6 Å². The van der Waals surface area contributed by atoms with Gasteiger partial charge in [-0.05, 0) is 5.92 Å². The normalized spacial score (nSPS) is 30.2. The van der Waals surface area contributed by atoms with Crippen LogP contribution < -0.4 is 0 Å². The number of aliphatic hydroxyl groups excluding tert-OH is 1. The predicted octanol–water partition coefficient (Wildman–Crippen LogP) is -1.33. The molecule has 7 nitrogen and oxygen atoms in total. The largest absolute Gasteiger partial charge is 0.396 e. The first-order valence-electron chi connectivity index (χ1n) is 7.03. The van der Waals surface area contributed by atoms with E-state index in [0.717, 1.165) is 32.8 Å². The number of morpholine rings is 1. The van der Waals surface area contributed by atoms with Crippen LogP contribution in [0.5, 0.6) is 0 Å². The Morgan fingerprint density at radius 3 is 2.35 bits per heavy atom. The van der Waals surface area contributed by atoms with Gasteiger partial charge in [-0.1, -0.05) is 0 Å². The molecule has 0 radical (unpaired) electrons. The fraction of sp³-hybridized carbons (Fsp3) is 1.00. The van der Waals surface area contributed by atoms with Crippen LogP contribution in [0.15, 0.2) is 0 Å². The zero-order valence-electron chi connectivity index (χ0n) is 12.2. The Morgan fingerprint density at radius 1 is 1.20 bits per heavy atom. The SMILES string of the molecule is CN(C)S(=O)(=O)N1C[C@@H](CN2CCOCC2)[C@@H](CO)C1. The van der Waals surface area contributed by atoms with Gasteiger partial charge in [-0.2, -0.15) is 17.0 Å². The van der Waals surface area contributed by atoms with Crippen LogP contribution in [0.3, 0.4) is 0 Å². The number of nitrogens with zero attached hydrogens (tertiary/aromatic N) is 3. The first kappa shape index (κ1) is 16.1. The van der Waals surface area contributed by atoms with Crippen molar-refractivity contribution in [3.63, 3.8) is 0 Å². The first-order valence-corrected chi connectivity index (χ1v) is 8.43. The molecule has 0 aromatic rings. The van der Waals surface area contributed by atoms with Crippen molar-refractivity contribution in [1.29, 1.82) is 0 Å². The third-order valence-corrected chi connectivity index (χ3v) is 6.04. The van der Waals surface area contributed by atoms with Gasteiger partial charge in [-0.15, -0.1) is 0 Å². The molecule has 8 heteroatoms. The van der Waals surface area contributed by atoms with Crippen molar-refractivity contribution in [1.82, 2.24) is 13.5 Å². The molecule has 0 spiro atoms. The van der Waals surface area contributed by atoms with Crippen LogP contribution in [0, 0.1) is 11.8 Å². The molecule has 2 fully saturated rings. The van der Waals surface area contributed by atoms with Gasteiger partial charge in [0, 0.05) is 59.3 Å². The Kier molecular flexibility index (Phi) is 5.38. The maximum absolute atomic E-state index is 12.2. The molecule has 0 unspecified atom stereocenters. The Hall–Kier alpha value is -0.250. The second-order valence-electron chi connectivity index (χ2n) is 5.72. The van der Waals surface area contributed by atoms with Gasteiger partial charge in [0.1, 0.15) is 0 Å².